The van der Waals surface area contributed by atoms with Gasteiger partial charge in [-0.25, -0.2) is 4.98 Å². The minimum Gasteiger partial charge on any atom is -0.248 e. The van der Waals surface area contributed by atoms with Crippen molar-refractivity contribution in [1.82, 2.24) is 4.98 Å². The Hall–Kier alpha value is -7.61. The second-order valence-electron chi connectivity index (χ2n) is 17.4. The molecule has 0 unspecified atom stereocenters. The van der Waals surface area contributed by atoms with Crippen molar-refractivity contribution < 1.29 is 0 Å². The average Bonchev–Trinajstić information content (AvgIpc) is 3.63. The molecule has 0 saturated heterocycles. The Morgan fingerprint density at radius 3 is 1.31 bits per heavy atom. The minimum atomic E-state index is -0.431. The van der Waals surface area contributed by atoms with E-state index in [-0.39, 0.29) is 5.41 Å². The zero-order chi connectivity index (χ0) is 41.4. The van der Waals surface area contributed by atoms with Gasteiger partial charge in [0, 0.05) is 16.5 Å². The molecule has 0 saturated carbocycles. The molecule has 292 valence electrons. The summed E-state index contributed by atoms with van der Waals surface area (Å²) in [5, 5.41) is 2.48. The number of hydrogen-bond donors (Lipinski definition) is 0. The molecular formula is C61H43N. The highest BCUT2D eigenvalue weighted by atomic mass is 14.7. The molecule has 0 amide bonds. The smallest absolute Gasteiger partial charge is 0.0719 e. The van der Waals surface area contributed by atoms with Gasteiger partial charge < -0.3 is 0 Å². The number of rotatable bonds is 5. The Labute approximate surface area is 363 Å². The van der Waals surface area contributed by atoms with Gasteiger partial charge in [-0.1, -0.05) is 220 Å². The zero-order valence-corrected chi connectivity index (χ0v) is 34.8. The van der Waals surface area contributed by atoms with Crippen molar-refractivity contribution in [2.75, 3.05) is 0 Å². The first kappa shape index (κ1) is 36.3. The number of nitrogens with zero attached hydrogens (tertiary/aromatic N) is 1. The summed E-state index contributed by atoms with van der Waals surface area (Å²) in [6.07, 6.45) is 0. The van der Waals surface area contributed by atoms with Crippen LogP contribution >= 0.6 is 0 Å². The molecule has 0 fully saturated rings. The highest BCUT2D eigenvalue weighted by Crippen LogP contribution is 2.62. The van der Waals surface area contributed by atoms with E-state index in [1.807, 2.05) is 0 Å². The molecule has 0 radical (unpaired) electrons. The van der Waals surface area contributed by atoms with Crippen LogP contribution in [0.5, 0.6) is 0 Å². The van der Waals surface area contributed by atoms with Crippen LogP contribution in [0.4, 0.5) is 0 Å². The predicted octanol–water partition coefficient (Wildman–Crippen LogP) is 15.6. The first-order chi connectivity index (χ1) is 30.5. The van der Waals surface area contributed by atoms with Gasteiger partial charge in [-0.3, -0.25) is 0 Å². The van der Waals surface area contributed by atoms with Crippen molar-refractivity contribution in [1.29, 1.82) is 0 Å². The number of benzene rings is 9. The Morgan fingerprint density at radius 1 is 0.274 bits per heavy atom. The van der Waals surface area contributed by atoms with E-state index >= 15 is 0 Å². The topological polar surface area (TPSA) is 12.9 Å². The second kappa shape index (κ2) is 14.0. The van der Waals surface area contributed by atoms with Crippen molar-refractivity contribution in [3.05, 3.63) is 258 Å². The normalized spacial score (nSPS) is 13.9. The van der Waals surface area contributed by atoms with E-state index in [1.165, 1.54) is 83.1 Å². The van der Waals surface area contributed by atoms with Crippen LogP contribution < -0.4 is 0 Å². The third-order valence-corrected chi connectivity index (χ3v) is 13.8. The molecule has 1 spiro atoms. The van der Waals surface area contributed by atoms with Crippen LogP contribution in [0.2, 0.25) is 0 Å². The van der Waals surface area contributed by atoms with Crippen LogP contribution in [0.15, 0.2) is 224 Å². The third kappa shape index (κ3) is 5.38. The van der Waals surface area contributed by atoms with E-state index in [0.29, 0.717) is 0 Å². The van der Waals surface area contributed by atoms with Crippen LogP contribution in [-0.2, 0) is 10.8 Å². The van der Waals surface area contributed by atoms with Gasteiger partial charge in [0.15, 0.2) is 0 Å². The summed E-state index contributed by atoms with van der Waals surface area (Å²) in [4.78, 5) is 5.20. The Kier molecular flexibility index (Phi) is 8.17. The lowest BCUT2D eigenvalue weighted by Gasteiger charge is -2.46. The molecule has 1 heteroatoms. The largest absolute Gasteiger partial charge is 0.248 e. The Morgan fingerprint density at radius 2 is 0.694 bits per heavy atom. The molecule has 2 aliphatic carbocycles. The average molecular weight is 790 g/mol. The van der Waals surface area contributed by atoms with Gasteiger partial charge in [-0.2, -0.15) is 0 Å². The Bertz CT molecular complexity index is 3250. The monoisotopic (exact) mass is 789 g/mol. The molecule has 1 heterocycles. The molecule has 0 aliphatic heterocycles. The van der Waals surface area contributed by atoms with E-state index in [1.54, 1.807) is 0 Å². The van der Waals surface area contributed by atoms with Crippen molar-refractivity contribution in [2.24, 2.45) is 0 Å². The van der Waals surface area contributed by atoms with Crippen molar-refractivity contribution in [3.63, 3.8) is 0 Å². The minimum absolute atomic E-state index is 0.133. The van der Waals surface area contributed by atoms with E-state index in [4.69, 9.17) is 4.98 Å². The van der Waals surface area contributed by atoms with E-state index in [9.17, 15) is 0 Å². The summed E-state index contributed by atoms with van der Waals surface area (Å²) in [7, 11) is 0. The number of pyridine rings is 1. The molecule has 1 aromatic heterocycles. The summed E-state index contributed by atoms with van der Waals surface area (Å²) in [6, 6.07) is 82.7. The van der Waals surface area contributed by atoms with Crippen LogP contribution in [0, 0.1) is 0 Å². The highest BCUT2D eigenvalue weighted by Gasteiger charge is 2.53. The molecule has 2 aliphatic rings. The maximum absolute atomic E-state index is 5.20. The van der Waals surface area contributed by atoms with E-state index in [0.717, 1.165) is 28.1 Å². The lowest BCUT2D eigenvalue weighted by Crippen LogP contribution is -2.40. The summed E-state index contributed by atoms with van der Waals surface area (Å²) >= 11 is 0. The van der Waals surface area contributed by atoms with Crippen molar-refractivity contribution >= 4 is 10.8 Å². The van der Waals surface area contributed by atoms with Crippen LogP contribution in [0.25, 0.3) is 77.8 Å². The fourth-order valence-corrected chi connectivity index (χ4v) is 10.9. The summed E-state index contributed by atoms with van der Waals surface area (Å²) in [5.74, 6) is 0. The quantitative estimate of drug-likeness (QED) is 0.169. The number of hydrogen-bond acceptors (Lipinski definition) is 1. The highest BCUT2D eigenvalue weighted by molar-refractivity contribution is 6.05. The zero-order valence-electron chi connectivity index (χ0n) is 34.8. The maximum Gasteiger partial charge on any atom is 0.0719 e. The fourth-order valence-electron chi connectivity index (χ4n) is 10.9. The van der Waals surface area contributed by atoms with Gasteiger partial charge in [0.25, 0.3) is 0 Å². The lowest BCUT2D eigenvalue weighted by atomic mass is 9.55. The van der Waals surface area contributed by atoms with Crippen LogP contribution in [0.1, 0.15) is 47.2 Å². The molecule has 62 heavy (non-hydrogen) atoms. The second-order valence-corrected chi connectivity index (χ2v) is 17.4. The molecular weight excluding hydrogens is 747 g/mol. The molecule has 9 aromatic carbocycles. The molecule has 1 nitrogen and oxygen atoms in total. The predicted molar refractivity (Wildman–Crippen MR) is 258 cm³/mol. The lowest BCUT2D eigenvalue weighted by molar-refractivity contribution is 0.563. The SMILES string of the molecule is CC1(C)c2ccccc2C2(c3ccccc3-c3ccc(-c4ccc(-c5ccc(-c6cc(-c7ccccc7)cc(-c7ccccc7)n6)cc5)c5ccccc45)cc32)c2ccccc21. The maximum atomic E-state index is 5.20. The van der Waals surface area contributed by atoms with Gasteiger partial charge in [0.2, 0.25) is 0 Å². The van der Waals surface area contributed by atoms with Crippen LogP contribution in [-0.4, -0.2) is 4.98 Å². The molecule has 12 rings (SSSR count). The third-order valence-electron chi connectivity index (χ3n) is 13.8. The van der Waals surface area contributed by atoms with E-state index < -0.39 is 5.41 Å². The standard InChI is InChI=1S/C61H43N/c1-60(2)53-25-13-15-27-55(53)61(56-28-16-14-26-54(56)60)52-24-12-11-23-50(52)51-34-33-44(37-57(51)61)47-36-35-46(48-21-9-10-22-49(47)48)41-29-31-43(32-30-41)59-39-45(40-17-5-3-6-18-40)38-58(62-59)42-19-7-4-8-20-42/h3-39H,1-2H3. The fraction of sp³-hybridized carbons (Fsp3) is 0.0656. The van der Waals surface area contributed by atoms with Gasteiger partial charge >= 0.3 is 0 Å². The van der Waals surface area contributed by atoms with Gasteiger partial charge in [-0.05, 0) is 107 Å². The van der Waals surface area contributed by atoms with E-state index in [2.05, 4.69) is 238 Å². The van der Waals surface area contributed by atoms with Gasteiger partial charge in [-0.15, -0.1) is 0 Å². The summed E-state index contributed by atoms with van der Waals surface area (Å²) in [5.41, 5.74) is 21.7. The summed E-state index contributed by atoms with van der Waals surface area (Å²) in [6.45, 7) is 4.78. The molecule has 0 atom stereocenters. The number of aromatic nitrogens is 1. The number of fused-ring (bicyclic) bond motifs is 10. The first-order valence-corrected chi connectivity index (χ1v) is 21.7. The molecule has 0 N–H and O–H groups in total. The summed E-state index contributed by atoms with van der Waals surface area (Å²) < 4.78 is 0. The molecule has 0 bridgehead atoms. The first-order valence-electron chi connectivity index (χ1n) is 21.7. The van der Waals surface area contributed by atoms with Crippen molar-refractivity contribution in [3.8, 4) is 67.0 Å². The Balaban J connectivity index is 0.981. The van der Waals surface area contributed by atoms with Crippen molar-refractivity contribution in [2.45, 2.75) is 24.7 Å². The van der Waals surface area contributed by atoms with Gasteiger partial charge in [0.05, 0.1) is 16.8 Å². The van der Waals surface area contributed by atoms with Gasteiger partial charge in [0.1, 0.15) is 0 Å². The molecule has 10 aromatic rings. The van der Waals surface area contributed by atoms with Crippen LogP contribution in [0.3, 0.4) is 0 Å².